The van der Waals surface area contributed by atoms with Crippen molar-refractivity contribution in [3.8, 4) is 0 Å². The second-order valence-corrected chi connectivity index (χ2v) is 10.9. The summed E-state index contributed by atoms with van der Waals surface area (Å²) in [7, 11) is 0. The largest absolute Gasteiger partial charge is 0.577 e. The lowest BCUT2D eigenvalue weighted by molar-refractivity contribution is -0.550. The second-order valence-electron chi connectivity index (χ2n) is 10.9. The van der Waals surface area contributed by atoms with Crippen LogP contribution in [0.3, 0.4) is 0 Å². The number of hydrogen-bond acceptors (Lipinski definition) is 7. The minimum absolute atomic E-state index is 0.186. The van der Waals surface area contributed by atoms with E-state index >= 15 is 0 Å². The van der Waals surface area contributed by atoms with Crippen LogP contribution in [0.25, 0.3) is 0 Å². The van der Waals surface area contributed by atoms with Crippen LogP contribution >= 0.6 is 0 Å². The van der Waals surface area contributed by atoms with E-state index in [0.717, 1.165) is 51.4 Å². The third kappa shape index (κ3) is 12.4. The molecule has 0 fully saturated rings. The van der Waals surface area contributed by atoms with E-state index in [9.17, 15) is 4.79 Å². The van der Waals surface area contributed by atoms with Crippen LogP contribution in [0.1, 0.15) is 121 Å². The van der Waals surface area contributed by atoms with Crippen molar-refractivity contribution in [2.24, 2.45) is 22.7 Å². The zero-order chi connectivity index (χ0) is 24.8. The highest BCUT2D eigenvalue weighted by atomic mass is 17.6. The van der Waals surface area contributed by atoms with Crippen LogP contribution in [0.15, 0.2) is 0 Å². The molecular weight excluding hydrogens is 412 g/mol. The molecule has 0 rings (SSSR count). The first-order chi connectivity index (χ1) is 14.9. The topological polar surface area (TPSA) is 72.5 Å². The van der Waals surface area contributed by atoms with Crippen molar-refractivity contribution in [1.29, 1.82) is 0 Å². The summed E-state index contributed by atoms with van der Waals surface area (Å²) >= 11 is 0. The SMILES string of the molecule is CCCCC(CC)C(OOOC(=O)OOOC(C(CC)CCCC)C(C)(C)C)C(C)(C)C. The van der Waals surface area contributed by atoms with E-state index < -0.39 is 6.16 Å². The van der Waals surface area contributed by atoms with Gasteiger partial charge in [0.1, 0.15) is 12.2 Å². The number of hydrogen-bond donors (Lipinski definition) is 0. The third-order valence-corrected chi connectivity index (χ3v) is 5.96. The lowest BCUT2D eigenvalue weighted by atomic mass is 9.78. The van der Waals surface area contributed by atoms with Crippen molar-refractivity contribution in [3.63, 3.8) is 0 Å². The zero-order valence-electron chi connectivity index (χ0n) is 22.3. The Kier molecular flexibility index (Phi) is 15.4. The van der Waals surface area contributed by atoms with E-state index in [1.807, 2.05) is 0 Å². The van der Waals surface area contributed by atoms with Crippen molar-refractivity contribution >= 4 is 6.16 Å². The molecule has 0 bridgehead atoms. The summed E-state index contributed by atoms with van der Waals surface area (Å²) in [5, 5.41) is 9.57. The van der Waals surface area contributed by atoms with Crippen LogP contribution in [-0.4, -0.2) is 18.4 Å². The summed E-state index contributed by atoms with van der Waals surface area (Å²) < 4.78 is 0. The third-order valence-electron chi connectivity index (χ3n) is 5.96. The molecule has 0 aliphatic rings. The summed E-state index contributed by atoms with van der Waals surface area (Å²) in [5.74, 6) is 0.576. The Morgan fingerprint density at radius 3 is 1.25 bits per heavy atom. The predicted octanol–water partition coefficient (Wildman–Crippen LogP) is 8.13. The fourth-order valence-electron chi connectivity index (χ4n) is 4.13. The Hall–Kier alpha value is -0.890. The molecule has 0 aromatic rings. The monoisotopic (exact) mass is 462 g/mol. The molecule has 4 atom stereocenters. The smallest absolute Gasteiger partial charge is 0.226 e. The molecule has 192 valence electrons. The molecule has 4 unspecified atom stereocenters. The van der Waals surface area contributed by atoms with Gasteiger partial charge in [-0.25, -0.2) is 9.78 Å². The molecule has 7 nitrogen and oxygen atoms in total. The summed E-state index contributed by atoms with van der Waals surface area (Å²) in [6, 6.07) is 0. The second kappa shape index (κ2) is 15.9. The maximum atomic E-state index is 11.9. The Morgan fingerprint density at radius 1 is 0.656 bits per heavy atom. The standard InChI is InChI=1S/C25H50O7/c1-11-15-17-19(13-3)21(24(5,6)7)27-31-29-23(26)30-32-28-22(25(8,9)10)20(14-4)18-16-12-2/h19-22H,11-18H2,1-10H3. The van der Waals surface area contributed by atoms with Crippen molar-refractivity contribution in [1.82, 2.24) is 0 Å². The first-order valence-electron chi connectivity index (χ1n) is 12.5. The fourth-order valence-corrected chi connectivity index (χ4v) is 4.13. The van der Waals surface area contributed by atoms with Gasteiger partial charge in [0.25, 0.3) is 0 Å². The van der Waals surface area contributed by atoms with Crippen molar-refractivity contribution < 1.29 is 34.4 Å². The molecule has 32 heavy (non-hydrogen) atoms. The summed E-state index contributed by atoms with van der Waals surface area (Å²) in [6.45, 7) is 21.0. The molecule has 0 spiro atoms. The Morgan fingerprint density at radius 2 is 1.00 bits per heavy atom. The van der Waals surface area contributed by atoms with E-state index in [0.29, 0.717) is 0 Å². The van der Waals surface area contributed by atoms with Gasteiger partial charge in [-0.3, -0.25) is 0 Å². The highest BCUT2D eigenvalue weighted by Crippen LogP contribution is 2.34. The van der Waals surface area contributed by atoms with E-state index in [1.165, 1.54) is 0 Å². The lowest BCUT2D eigenvalue weighted by Gasteiger charge is -2.34. The summed E-state index contributed by atoms with van der Waals surface area (Å²) in [4.78, 5) is 32.0. The Balaban J connectivity index is 4.67. The average molecular weight is 463 g/mol. The Bertz CT molecular complexity index is 440. The van der Waals surface area contributed by atoms with Crippen LogP contribution in [-0.2, 0) is 29.6 Å². The van der Waals surface area contributed by atoms with Crippen LogP contribution in [0, 0.1) is 22.7 Å². The van der Waals surface area contributed by atoms with Gasteiger partial charge in [0, 0.05) is 0 Å². The maximum Gasteiger partial charge on any atom is 0.577 e. The highest BCUT2D eigenvalue weighted by molar-refractivity contribution is 5.57. The molecule has 0 aromatic heterocycles. The molecular formula is C25H50O7. The molecule has 0 heterocycles. The van der Waals surface area contributed by atoms with E-state index in [2.05, 4.69) is 79.0 Å². The minimum atomic E-state index is -1.19. The van der Waals surface area contributed by atoms with Gasteiger partial charge in [-0.2, -0.15) is 14.6 Å². The van der Waals surface area contributed by atoms with Crippen molar-refractivity contribution in [2.75, 3.05) is 0 Å². The molecule has 0 aliphatic carbocycles. The fraction of sp³-hybridized carbons (Fsp3) is 0.960. The van der Waals surface area contributed by atoms with Gasteiger partial charge in [0.2, 0.25) is 0 Å². The van der Waals surface area contributed by atoms with Crippen molar-refractivity contribution in [3.05, 3.63) is 0 Å². The normalized spacial score (nSPS) is 16.3. The lowest BCUT2D eigenvalue weighted by Crippen LogP contribution is -2.37. The van der Waals surface area contributed by atoms with Gasteiger partial charge in [-0.1, -0.05) is 108 Å². The Labute approximate surface area is 196 Å². The first kappa shape index (κ1) is 31.1. The van der Waals surface area contributed by atoms with Crippen LogP contribution in [0.2, 0.25) is 0 Å². The van der Waals surface area contributed by atoms with E-state index in [4.69, 9.17) is 19.9 Å². The first-order valence-corrected chi connectivity index (χ1v) is 12.5. The van der Waals surface area contributed by atoms with Gasteiger partial charge in [0.15, 0.2) is 0 Å². The molecule has 7 heteroatoms. The number of rotatable bonds is 16. The number of unbranched alkanes of at least 4 members (excludes halogenated alkanes) is 2. The molecule has 0 amide bonds. The van der Waals surface area contributed by atoms with Gasteiger partial charge < -0.3 is 0 Å². The molecule has 0 aliphatic heterocycles. The van der Waals surface area contributed by atoms with Crippen LogP contribution in [0.4, 0.5) is 4.79 Å². The average Bonchev–Trinajstić information content (AvgIpc) is 2.70. The predicted molar refractivity (Wildman–Crippen MR) is 125 cm³/mol. The molecule has 0 aromatic carbocycles. The van der Waals surface area contributed by atoms with Crippen LogP contribution < -0.4 is 0 Å². The van der Waals surface area contributed by atoms with E-state index in [1.54, 1.807) is 0 Å². The number of carbonyl (C=O) groups is 1. The summed E-state index contributed by atoms with van der Waals surface area (Å²) in [6.07, 6.45) is 6.69. The maximum absolute atomic E-state index is 11.9. The molecule has 0 saturated carbocycles. The molecule has 0 radical (unpaired) electrons. The molecule has 0 saturated heterocycles. The van der Waals surface area contributed by atoms with Crippen LogP contribution in [0.5, 0.6) is 0 Å². The number of carbonyl (C=O) groups excluding carboxylic acids is 1. The minimum Gasteiger partial charge on any atom is -0.226 e. The summed E-state index contributed by atoms with van der Waals surface area (Å²) in [5.41, 5.74) is -0.371. The van der Waals surface area contributed by atoms with Gasteiger partial charge in [0.05, 0.1) is 0 Å². The van der Waals surface area contributed by atoms with Gasteiger partial charge >= 0.3 is 6.16 Å². The molecule has 0 N–H and O–H groups in total. The van der Waals surface area contributed by atoms with Crippen molar-refractivity contribution in [2.45, 2.75) is 133 Å². The van der Waals surface area contributed by atoms with E-state index in [-0.39, 0.29) is 34.9 Å². The van der Waals surface area contributed by atoms with Gasteiger partial charge in [-0.15, -0.1) is 0 Å². The highest BCUT2D eigenvalue weighted by Gasteiger charge is 2.35. The van der Waals surface area contributed by atoms with Gasteiger partial charge in [-0.05, 0) is 45.6 Å². The zero-order valence-corrected chi connectivity index (χ0v) is 22.3. The quantitative estimate of drug-likeness (QED) is 0.169.